The van der Waals surface area contributed by atoms with E-state index in [2.05, 4.69) is 5.32 Å². The number of amides is 2. The van der Waals surface area contributed by atoms with Crippen LogP contribution in [0.2, 0.25) is 0 Å². The summed E-state index contributed by atoms with van der Waals surface area (Å²) in [5.41, 5.74) is 0.554. The van der Waals surface area contributed by atoms with Crippen LogP contribution < -0.4 is 5.32 Å². The number of carbonyl (C=O) groups excluding carboxylic acids is 2. The molecule has 0 bridgehead atoms. The minimum absolute atomic E-state index is 0.0344. The summed E-state index contributed by atoms with van der Waals surface area (Å²) in [6, 6.07) is 8.12. The van der Waals surface area contributed by atoms with E-state index in [-0.39, 0.29) is 28.7 Å². The van der Waals surface area contributed by atoms with E-state index in [1.807, 2.05) is 4.90 Å². The molecule has 0 radical (unpaired) electrons. The lowest BCUT2D eigenvalue weighted by atomic mass is 9.80. The number of hydrogen-bond acceptors (Lipinski definition) is 3. The first-order chi connectivity index (χ1) is 17.9. The second kappa shape index (κ2) is 9.13. The Morgan fingerprint density at radius 1 is 1.05 bits per heavy atom. The lowest BCUT2D eigenvalue weighted by Gasteiger charge is -2.30. The number of nitrogens with one attached hydrogen (secondary N) is 1. The van der Waals surface area contributed by atoms with Crippen LogP contribution in [0.25, 0.3) is 0 Å². The molecule has 3 fully saturated rings. The van der Waals surface area contributed by atoms with E-state index in [1.165, 1.54) is 12.1 Å². The first kappa shape index (κ1) is 26.3. The average molecular weight is 529 g/mol. The number of fused-ring (bicyclic) bond motifs is 1. The van der Waals surface area contributed by atoms with Gasteiger partial charge in [-0.05, 0) is 86.4 Å². The number of hydrogen-bond donors (Lipinski definition) is 2. The fraction of sp³-hybridized carbons (Fsp3) is 0.483. The van der Waals surface area contributed by atoms with Crippen molar-refractivity contribution in [2.45, 2.75) is 57.5 Å². The predicted octanol–water partition coefficient (Wildman–Crippen LogP) is 5.11. The minimum atomic E-state index is -4.42. The second-order valence-corrected chi connectivity index (χ2v) is 11.3. The Kier molecular flexibility index (Phi) is 6.31. The van der Waals surface area contributed by atoms with Gasteiger partial charge in [0, 0.05) is 30.6 Å². The zero-order valence-electron chi connectivity index (χ0n) is 21.5. The van der Waals surface area contributed by atoms with Gasteiger partial charge in [-0.25, -0.2) is 4.79 Å². The van der Waals surface area contributed by atoms with Gasteiger partial charge >= 0.3 is 12.1 Å². The molecule has 2 amide bonds. The molecular formula is C29H31F3N2O4. The number of nitrogens with zero attached hydrogens (tertiary/aromatic N) is 1. The van der Waals surface area contributed by atoms with Crippen LogP contribution >= 0.6 is 0 Å². The zero-order chi connectivity index (χ0) is 27.5. The summed E-state index contributed by atoms with van der Waals surface area (Å²) in [6.07, 6.45) is -0.333. The summed E-state index contributed by atoms with van der Waals surface area (Å²) >= 11 is 0. The van der Waals surface area contributed by atoms with E-state index < -0.39 is 23.1 Å². The molecule has 2 saturated carbocycles. The number of rotatable bonds is 6. The third-order valence-electron chi connectivity index (χ3n) is 8.86. The predicted molar refractivity (Wildman–Crippen MR) is 134 cm³/mol. The summed E-state index contributed by atoms with van der Waals surface area (Å²) in [5, 5.41) is 12.4. The molecule has 3 aliphatic rings. The first-order valence-corrected chi connectivity index (χ1v) is 13.0. The zero-order valence-corrected chi connectivity index (χ0v) is 21.5. The molecule has 0 spiro atoms. The second-order valence-electron chi connectivity index (χ2n) is 11.3. The van der Waals surface area contributed by atoms with Crippen LogP contribution in [0.5, 0.6) is 0 Å². The number of carbonyl (C=O) groups is 3. The molecule has 0 unspecified atom stereocenters. The van der Waals surface area contributed by atoms with Crippen molar-refractivity contribution in [3.8, 4) is 0 Å². The van der Waals surface area contributed by atoms with Gasteiger partial charge in [-0.15, -0.1) is 0 Å². The Morgan fingerprint density at radius 3 is 2.24 bits per heavy atom. The molecule has 0 aromatic heterocycles. The van der Waals surface area contributed by atoms with Crippen molar-refractivity contribution in [2.75, 3.05) is 19.6 Å². The quantitative estimate of drug-likeness (QED) is 0.546. The molecule has 38 heavy (non-hydrogen) atoms. The maximum absolute atomic E-state index is 13.7. The molecular weight excluding hydrogens is 497 g/mol. The molecule has 9 heteroatoms. The molecule has 2 aromatic rings. The van der Waals surface area contributed by atoms with Gasteiger partial charge in [-0.2, -0.15) is 13.2 Å². The van der Waals surface area contributed by atoms with Crippen LogP contribution in [-0.4, -0.2) is 47.4 Å². The van der Waals surface area contributed by atoms with Crippen molar-refractivity contribution in [1.29, 1.82) is 0 Å². The fourth-order valence-electron chi connectivity index (χ4n) is 6.68. The summed E-state index contributed by atoms with van der Waals surface area (Å²) in [7, 11) is 0. The highest BCUT2D eigenvalue weighted by Crippen LogP contribution is 2.54. The van der Waals surface area contributed by atoms with E-state index in [0.717, 1.165) is 31.4 Å². The summed E-state index contributed by atoms with van der Waals surface area (Å²) in [4.78, 5) is 40.0. The molecule has 2 aromatic carbocycles. The van der Waals surface area contributed by atoms with Gasteiger partial charge in [0.2, 0.25) is 5.91 Å². The van der Waals surface area contributed by atoms with E-state index in [0.29, 0.717) is 54.7 Å². The van der Waals surface area contributed by atoms with Crippen LogP contribution in [0.15, 0.2) is 36.4 Å². The van der Waals surface area contributed by atoms with Crippen molar-refractivity contribution in [3.63, 3.8) is 0 Å². The minimum Gasteiger partial charge on any atom is -0.478 e. The van der Waals surface area contributed by atoms with Crippen molar-refractivity contribution in [3.05, 3.63) is 69.8 Å². The van der Waals surface area contributed by atoms with E-state index in [4.69, 9.17) is 0 Å². The lowest BCUT2D eigenvalue weighted by molar-refractivity contribution is -0.137. The van der Waals surface area contributed by atoms with E-state index in [1.54, 1.807) is 26.0 Å². The molecule has 1 saturated heterocycles. The number of aryl methyl sites for hydroxylation is 2. The third kappa shape index (κ3) is 4.46. The first-order valence-electron chi connectivity index (χ1n) is 13.0. The summed E-state index contributed by atoms with van der Waals surface area (Å²) < 4.78 is 39.0. The molecule has 2 atom stereocenters. The Hall–Kier alpha value is -3.36. The van der Waals surface area contributed by atoms with Crippen LogP contribution in [0.3, 0.4) is 0 Å². The van der Waals surface area contributed by atoms with Gasteiger partial charge in [-0.1, -0.05) is 18.6 Å². The maximum Gasteiger partial charge on any atom is 0.416 e. The number of benzene rings is 2. The van der Waals surface area contributed by atoms with Crippen molar-refractivity contribution >= 4 is 17.8 Å². The number of aromatic carboxylic acids is 1. The highest BCUT2D eigenvalue weighted by atomic mass is 19.4. The Balaban J connectivity index is 1.29. The number of alkyl halides is 3. The third-order valence-corrected chi connectivity index (χ3v) is 8.86. The molecule has 202 valence electrons. The smallest absolute Gasteiger partial charge is 0.416 e. The topological polar surface area (TPSA) is 86.7 Å². The number of likely N-dealkylation sites (tertiary alicyclic amines) is 1. The van der Waals surface area contributed by atoms with E-state index >= 15 is 0 Å². The fourth-order valence-corrected chi connectivity index (χ4v) is 6.68. The number of halogens is 3. The number of carboxylic acids is 1. The van der Waals surface area contributed by atoms with Gasteiger partial charge < -0.3 is 15.3 Å². The largest absolute Gasteiger partial charge is 0.478 e. The molecule has 5 rings (SSSR count). The highest BCUT2D eigenvalue weighted by molar-refractivity contribution is 5.98. The van der Waals surface area contributed by atoms with Crippen molar-refractivity contribution in [2.24, 2.45) is 11.3 Å². The monoisotopic (exact) mass is 528 g/mol. The SMILES string of the molecule is Cc1cc(C(=O)NC[C@]23CCC[C@H]2CN(C(=O)C2(c4ccc(C(F)(F)F)cc4)CC2)C3)cc(C)c1C(=O)O. The molecule has 6 nitrogen and oxygen atoms in total. The van der Waals surface area contributed by atoms with Gasteiger partial charge in [0.1, 0.15) is 0 Å². The Labute approximate surface area is 219 Å². The Bertz CT molecular complexity index is 1280. The van der Waals surface area contributed by atoms with Crippen molar-refractivity contribution in [1.82, 2.24) is 10.2 Å². The standard InChI is InChI=1S/C29H31F3N2O4/c1-17-12-19(13-18(2)23(17)25(36)37)24(35)33-15-27-9-3-4-22(27)14-34(16-27)26(38)28(10-11-28)20-5-7-21(8-6-20)29(30,31)32/h5-8,12-13,22H,3-4,9-11,14-16H2,1-2H3,(H,33,35)(H,36,37)/t22-,27-/m0/s1. The van der Waals surface area contributed by atoms with Crippen LogP contribution in [0.1, 0.15) is 75.1 Å². The summed E-state index contributed by atoms with van der Waals surface area (Å²) in [5.74, 6) is -1.10. The molecule has 1 aliphatic heterocycles. The van der Waals surface area contributed by atoms with Crippen LogP contribution in [0.4, 0.5) is 13.2 Å². The van der Waals surface area contributed by atoms with Crippen molar-refractivity contribution < 1.29 is 32.7 Å². The maximum atomic E-state index is 13.7. The normalized spacial score (nSPS) is 23.7. The summed E-state index contributed by atoms with van der Waals surface area (Å²) in [6.45, 7) is 4.84. The van der Waals surface area contributed by atoms with Crippen LogP contribution in [-0.2, 0) is 16.4 Å². The van der Waals surface area contributed by atoms with Gasteiger partial charge in [0.05, 0.1) is 16.5 Å². The van der Waals surface area contributed by atoms with Gasteiger partial charge in [0.15, 0.2) is 0 Å². The average Bonchev–Trinajstić information content (AvgIpc) is 3.45. The highest BCUT2D eigenvalue weighted by Gasteiger charge is 2.58. The van der Waals surface area contributed by atoms with Crippen LogP contribution in [0, 0.1) is 25.2 Å². The molecule has 2 aliphatic carbocycles. The van der Waals surface area contributed by atoms with E-state index in [9.17, 15) is 32.7 Å². The lowest BCUT2D eigenvalue weighted by Crippen LogP contribution is -2.43. The Morgan fingerprint density at radius 2 is 1.68 bits per heavy atom. The molecule has 2 N–H and O–H groups in total. The van der Waals surface area contributed by atoms with Gasteiger partial charge in [0.25, 0.3) is 5.91 Å². The van der Waals surface area contributed by atoms with Gasteiger partial charge in [-0.3, -0.25) is 9.59 Å². The molecule has 1 heterocycles. The number of carboxylic acid groups (broad SMARTS) is 1.